The van der Waals surface area contributed by atoms with E-state index in [-0.39, 0.29) is 12.1 Å². The van der Waals surface area contributed by atoms with Gasteiger partial charge in [0.1, 0.15) is 5.70 Å². The number of thiophene rings is 1. The van der Waals surface area contributed by atoms with Crippen LogP contribution in [0.5, 0.6) is 0 Å². The number of fused-ring (bicyclic) bond motifs is 2. The van der Waals surface area contributed by atoms with E-state index in [1.54, 1.807) is 16.3 Å². The van der Waals surface area contributed by atoms with Gasteiger partial charge < -0.3 is 0 Å². The number of amidine groups is 1. The second-order valence-electron chi connectivity index (χ2n) is 6.54. The van der Waals surface area contributed by atoms with Crippen molar-refractivity contribution in [3.63, 3.8) is 0 Å². The molecule has 0 spiro atoms. The van der Waals surface area contributed by atoms with Crippen molar-refractivity contribution in [1.29, 1.82) is 0 Å². The lowest BCUT2D eigenvalue weighted by Gasteiger charge is -2.33. The van der Waals surface area contributed by atoms with Gasteiger partial charge in [-0.05, 0) is 40.6 Å². The van der Waals surface area contributed by atoms with Crippen LogP contribution in [-0.4, -0.2) is 16.1 Å². The summed E-state index contributed by atoms with van der Waals surface area (Å²) >= 11 is 9.04. The molecule has 0 bridgehead atoms. The van der Waals surface area contributed by atoms with Gasteiger partial charge >= 0.3 is 0 Å². The van der Waals surface area contributed by atoms with Crippen molar-refractivity contribution in [3.05, 3.63) is 92.1 Å². The number of carbonyl (C=O) groups is 1. The van der Waals surface area contributed by atoms with Gasteiger partial charge in [0.15, 0.2) is 11.3 Å². The minimum absolute atomic E-state index is 0.166. The van der Waals surface area contributed by atoms with Crippen LogP contribution >= 0.6 is 34.7 Å². The van der Waals surface area contributed by atoms with E-state index < -0.39 is 0 Å². The van der Waals surface area contributed by atoms with E-state index in [9.17, 15) is 4.79 Å². The zero-order valence-electron chi connectivity index (χ0n) is 15.1. The maximum atomic E-state index is 13.0. The highest BCUT2D eigenvalue weighted by molar-refractivity contribution is 8.13. The molecule has 2 aromatic carbocycles. The zero-order chi connectivity index (χ0) is 19.8. The van der Waals surface area contributed by atoms with Gasteiger partial charge in [0.2, 0.25) is 0 Å². The molecule has 1 unspecified atom stereocenters. The predicted molar refractivity (Wildman–Crippen MR) is 118 cm³/mol. The van der Waals surface area contributed by atoms with Gasteiger partial charge in [-0.25, -0.2) is 5.01 Å². The monoisotopic (exact) mass is 438 g/mol. The Morgan fingerprint density at radius 1 is 1.14 bits per heavy atom. The van der Waals surface area contributed by atoms with Crippen LogP contribution in [0.25, 0.3) is 5.70 Å². The normalized spacial score (nSPS) is 17.8. The second kappa shape index (κ2) is 7.67. The van der Waals surface area contributed by atoms with E-state index in [0.29, 0.717) is 21.6 Å². The lowest BCUT2D eigenvalue weighted by molar-refractivity contribution is -0.116. The van der Waals surface area contributed by atoms with Crippen molar-refractivity contribution >= 4 is 51.5 Å². The van der Waals surface area contributed by atoms with Gasteiger partial charge in [0.05, 0.1) is 5.36 Å². The van der Waals surface area contributed by atoms with Crippen molar-refractivity contribution in [1.82, 2.24) is 10.3 Å². The second-order valence-corrected chi connectivity index (χ2v) is 8.72. The van der Waals surface area contributed by atoms with Gasteiger partial charge in [0.25, 0.3) is 5.91 Å². The summed E-state index contributed by atoms with van der Waals surface area (Å²) in [5.41, 5.74) is 2.65. The van der Waals surface area contributed by atoms with Crippen LogP contribution < -0.4 is 15.9 Å². The van der Waals surface area contributed by atoms with Crippen LogP contribution in [-0.2, 0) is 10.5 Å². The summed E-state index contributed by atoms with van der Waals surface area (Å²) in [4.78, 5) is 17.9. The average Bonchev–Trinajstić information content (AvgIpc) is 3.27. The number of hydrogen-bond donors (Lipinski definition) is 1. The quantitative estimate of drug-likeness (QED) is 0.681. The molecule has 0 saturated heterocycles. The van der Waals surface area contributed by atoms with Crippen LogP contribution in [0.3, 0.4) is 0 Å². The highest BCUT2D eigenvalue weighted by Crippen LogP contribution is 2.32. The molecule has 0 saturated carbocycles. The fourth-order valence-corrected chi connectivity index (χ4v) is 4.87. The predicted octanol–water partition coefficient (Wildman–Crippen LogP) is 3.48. The van der Waals surface area contributed by atoms with Crippen LogP contribution in [0.2, 0.25) is 5.02 Å². The number of hydrogen-bond acceptors (Lipinski definition) is 6. The minimum Gasteiger partial charge on any atom is -0.298 e. The molecule has 8 heteroatoms. The molecule has 0 fully saturated rings. The Hall–Kier alpha value is -2.61. The van der Waals surface area contributed by atoms with Crippen molar-refractivity contribution in [3.8, 4) is 0 Å². The van der Waals surface area contributed by atoms with Crippen molar-refractivity contribution < 1.29 is 4.79 Å². The number of nitrogens with one attached hydrogen (secondary N) is 1. The third-order valence-electron chi connectivity index (χ3n) is 4.65. The number of thioether (sulfide) groups is 1. The number of amides is 1. The fourth-order valence-electron chi connectivity index (χ4n) is 3.26. The summed E-state index contributed by atoms with van der Waals surface area (Å²) in [6, 6.07) is 17.4. The van der Waals surface area contributed by atoms with Gasteiger partial charge in [-0.15, -0.1) is 5.10 Å². The van der Waals surface area contributed by atoms with E-state index in [1.165, 1.54) is 11.8 Å². The van der Waals surface area contributed by atoms with E-state index in [0.717, 1.165) is 21.7 Å². The van der Waals surface area contributed by atoms with Crippen molar-refractivity contribution in [2.24, 2.45) is 10.1 Å². The van der Waals surface area contributed by atoms with Crippen molar-refractivity contribution in [2.45, 2.75) is 11.9 Å². The summed E-state index contributed by atoms with van der Waals surface area (Å²) in [6.45, 7) is 0. The number of halogens is 1. The summed E-state index contributed by atoms with van der Waals surface area (Å²) in [6.07, 6.45) is -0.358. The molecule has 1 N–H and O–H groups in total. The molecule has 2 aliphatic rings. The molecule has 3 heterocycles. The van der Waals surface area contributed by atoms with Crippen LogP contribution in [0.1, 0.15) is 17.3 Å². The average molecular weight is 439 g/mol. The zero-order valence-corrected chi connectivity index (χ0v) is 17.5. The number of rotatable bonds is 3. The molecule has 0 aliphatic carbocycles. The van der Waals surface area contributed by atoms with Crippen LogP contribution in [0.4, 0.5) is 0 Å². The first-order valence-electron chi connectivity index (χ1n) is 8.95. The van der Waals surface area contributed by atoms with Gasteiger partial charge in [-0.3, -0.25) is 15.1 Å². The molecule has 29 heavy (non-hydrogen) atoms. The smallest absolute Gasteiger partial charge is 0.276 e. The molecule has 1 amide bonds. The van der Waals surface area contributed by atoms with Crippen LogP contribution in [0.15, 0.2) is 75.5 Å². The summed E-state index contributed by atoms with van der Waals surface area (Å²) in [7, 11) is 0. The summed E-state index contributed by atoms with van der Waals surface area (Å²) < 4.78 is 0. The summed E-state index contributed by atoms with van der Waals surface area (Å²) in [5.74, 6) is 0.511. The molecule has 144 valence electrons. The highest BCUT2D eigenvalue weighted by Gasteiger charge is 2.34. The number of para-hydroxylation sites is 1. The molecule has 2 aliphatic heterocycles. The van der Waals surface area contributed by atoms with E-state index in [1.807, 2.05) is 65.4 Å². The molecule has 1 atom stereocenters. The lowest BCUT2D eigenvalue weighted by Crippen LogP contribution is -2.50. The third kappa shape index (κ3) is 3.57. The Kier molecular flexibility index (Phi) is 4.87. The van der Waals surface area contributed by atoms with Gasteiger partial charge in [0, 0.05) is 21.6 Å². The first-order chi connectivity index (χ1) is 14.2. The first-order valence-corrected chi connectivity index (χ1v) is 11.3. The van der Waals surface area contributed by atoms with Gasteiger partial charge in [-0.2, -0.15) is 11.3 Å². The first kappa shape index (κ1) is 18.4. The molecular weight excluding hydrogens is 424 g/mol. The molecule has 5 rings (SSSR count). The van der Waals surface area contributed by atoms with E-state index >= 15 is 0 Å². The third-order valence-corrected chi connectivity index (χ3v) is 6.53. The SMILES string of the molecule is O=C1NC(SCc2ccc(Cl)cc2)=NN2C1=c1ccccc1=NC2c1ccsc1. The highest BCUT2D eigenvalue weighted by atomic mass is 35.5. The Labute approximate surface area is 180 Å². The Balaban J connectivity index is 1.53. The maximum absolute atomic E-state index is 13.0. The van der Waals surface area contributed by atoms with E-state index in [2.05, 4.69) is 5.32 Å². The molecule has 5 nitrogen and oxygen atoms in total. The Bertz CT molecular complexity index is 1220. The fraction of sp³-hybridized carbons (Fsp3) is 0.0952. The Morgan fingerprint density at radius 3 is 2.76 bits per heavy atom. The number of hydrazone groups is 1. The number of carbonyl (C=O) groups excluding carboxylic acids is 1. The largest absolute Gasteiger partial charge is 0.298 e. The maximum Gasteiger partial charge on any atom is 0.276 e. The van der Waals surface area contributed by atoms with Crippen LogP contribution in [0, 0.1) is 0 Å². The number of benzene rings is 2. The van der Waals surface area contributed by atoms with Crippen molar-refractivity contribution in [2.75, 3.05) is 0 Å². The molecule has 0 radical (unpaired) electrons. The van der Waals surface area contributed by atoms with Gasteiger partial charge in [-0.1, -0.05) is 53.7 Å². The molecule has 3 aromatic rings. The molecule has 1 aromatic heterocycles. The Morgan fingerprint density at radius 2 is 1.97 bits per heavy atom. The molecular formula is C21H15ClN4OS2. The minimum atomic E-state index is -0.358. The summed E-state index contributed by atoms with van der Waals surface area (Å²) in [5, 5.41) is 16.3. The number of nitrogens with zero attached hydrogens (tertiary/aromatic N) is 3. The lowest BCUT2D eigenvalue weighted by atomic mass is 10.1. The van der Waals surface area contributed by atoms with E-state index in [4.69, 9.17) is 21.7 Å². The standard InChI is InChI=1S/C21H15ClN4OS2/c22-15-7-5-13(6-8-15)11-29-21-24-20(27)18-16-3-1-2-4-17(16)23-19(26(18)25-21)14-9-10-28-12-14/h1-10,12,19H,11H2,(H,24,25,27). The topological polar surface area (TPSA) is 57.1 Å².